The maximum absolute atomic E-state index is 6.03. The Hall–Kier alpha value is -1.62. The standard InChI is InChI=1S/C15H23N5/c1-10-11(2)20(8-15(19(3)4)6-5-7-15)14-12(10)13(16)17-9-18-14/h9H,5-8H2,1-4H3,(H2,16,17,18). The molecule has 2 aromatic heterocycles. The van der Waals surface area contributed by atoms with Gasteiger partial charge >= 0.3 is 0 Å². The van der Waals surface area contributed by atoms with Gasteiger partial charge in [0.25, 0.3) is 0 Å². The summed E-state index contributed by atoms with van der Waals surface area (Å²) in [7, 11) is 4.35. The number of rotatable bonds is 3. The number of aryl methyl sites for hydroxylation is 1. The second-order valence-corrected chi connectivity index (χ2v) is 6.23. The highest BCUT2D eigenvalue weighted by Crippen LogP contribution is 2.39. The first-order valence-electron chi connectivity index (χ1n) is 7.19. The van der Waals surface area contributed by atoms with Crippen LogP contribution in [-0.4, -0.2) is 39.1 Å². The molecule has 0 amide bonds. The lowest BCUT2D eigenvalue weighted by Crippen LogP contribution is -2.53. The summed E-state index contributed by atoms with van der Waals surface area (Å²) >= 11 is 0. The summed E-state index contributed by atoms with van der Waals surface area (Å²) < 4.78 is 2.32. The fourth-order valence-electron chi connectivity index (χ4n) is 3.32. The Morgan fingerprint density at radius 2 is 2.00 bits per heavy atom. The van der Waals surface area contributed by atoms with E-state index in [1.54, 1.807) is 6.33 Å². The predicted octanol–water partition coefficient (Wildman–Crippen LogP) is 2.11. The van der Waals surface area contributed by atoms with Crippen molar-refractivity contribution in [3.8, 4) is 0 Å². The summed E-state index contributed by atoms with van der Waals surface area (Å²) in [4.78, 5) is 11.0. The van der Waals surface area contributed by atoms with Crippen LogP contribution in [0.2, 0.25) is 0 Å². The lowest BCUT2D eigenvalue weighted by Gasteiger charge is -2.47. The second-order valence-electron chi connectivity index (χ2n) is 6.23. The van der Waals surface area contributed by atoms with Gasteiger partial charge in [-0.25, -0.2) is 9.97 Å². The van der Waals surface area contributed by atoms with E-state index in [0.717, 1.165) is 17.6 Å². The van der Waals surface area contributed by atoms with Gasteiger partial charge in [0.05, 0.1) is 5.39 Å². The second kappa shape index (κ2) is 4.45. The zero-order valence-corrected chi connectivity index (χ0v) is 12.8. The number of nitrogen functional groups attached to an aromatic ring is 1. The molecule has 1 saturated carbocycles. The SMILES string of the molecule is Cc1c(C)n(CC2(N(C)C)CCC2)c2ncnc(N)c12. The quantitative estimate of drug-likeness (QED) is 0.930. The molecule has 3 rings (SSSR count). The van der Waals surface area contributed by atoms with E-state index < -0.39 is 0 Å². The Morgan fingerprint density at radius 1 is 1.30 bits per heavy atom. The normalized spacial score (nSPS) is 17.6. The zero-order valence-electron chi connectivity index (χ0n) is 12.8. The van der Waals surface area contributed by atoms with Crippen LogP contribution in [0, 0.1) is 13.8 Å². The topological polar surface area (TPSA) is 60.0 Å². The van der Waals surface area contributed by atoms with E-state index in [2.05, 4.69) is 47.4 Å². The minimum Gasteiger partial charge on any atom is -0.383 e. The Balaban J connectivity index is 2.13. The van der Waals surface area contributed by atoms with Crippen molar-refractivity contribution in [3.05, 3.63) is 17.6 Å². The number of likely N-dealkylation sites (N-methyl/N-ethyl adjacent to an activating group) is 1. The molecule has 0 saturated heterocycles. The van der Waals surface area contributed by atoms with Crippen LogP contribution in [0.3, 0.4) is 0 Å². The van der Waals surface area contributed by atoms with Crippen molar-refractivity contribution in [2.45, 2.75) is 45.2 Å². The molecule has 0 spiro atoms. The highest BCUT2D eigenvalue weighted by Gasteiger charge is 2.40. The summed E-state index contributed by atoms with van der Waals surface area (Å²) in [5, 5.41) is 1.01. The molecule has 1 aliphatic carbocycles. The number of hydrogen-bond acceptors (Lipinski definition) is 4. The van der Waals surface area contributed by atoms with Crippen molar-refractivity contribution in [2.24, 2.45) is 0 Å². The molecule has 0 radical (unpaired) electrons. The van der Waals surface area contributed by atoms with Gasteiger partial charge in [0.1, 0.15) is 17.8 Å². The Labute approximate surface area is 119 Å². The molecule has 5 nitrogen and oxygen atoms in total. The van der Waals surface area contributed by atoms with Crippen LogP contribution in [0.25, 0.3) is 11.0 Å². The smallest absolute Gasteiger partial charge is 0.146 e. The average molecular weight is 273 g/mol. The number of hydrogen-bond donors (Lipinski definition) is 1. The van der Waals surface area contributed by atoms with Gasteiger partial charge in [-0.05, 0) is 52.8 Å². The highest BCUT2D eigenvalue weighted by atomic mass is 15.2. The number of nitrogens with zero attached hydrogens (tertiary/aromatic N) is 4. The van der Waals surface area contributed by atoms with Crippen LogP contribution in [0.15, 0.2) is 6.33 Å². The van der Waals surface area contributed by atoms with Crippen LogP contribution in [0.5, 0.6) is 0 Å². The first-order valence-corrected chi connectivity index (χ1v) is 7.19. The van der Waals surface area contributed by atoms with Gasteiger partial charge in [-0.15, -0.1) is 0 Å². The molecule has 2 aromatic rings. The molecule has 20 heavy (non-hydrogen) atoms. The Morgan fingerprint density at radius 3 is 2.55 bits per heavy atom. The number of aromatic nitrogens is 3. The first kappa shape index (κ1) is 13.4. The predicted molar refractivity (Wildman–Crippen MR) is 81.7 cm³/mol. The lowest BCUT2D eigenvalue weighted by molar-refractivity contribution is 0.0430. The molecule has 0 aliphatic heterocycles. The van der Waals surface area contributed by atoms with Gasteiger partial charge in [0.15, 0.2) is 0 Å². The van der Waals surface area contributed by atoms with Crippen molar-refractivity contribution in [2.75, 3.05) is 19.8 Å². The fraction of sp³-hybridized carbons (Fsp3) is 0.600. The third-order valence-corrected chi connectivity index (χ3v) is 5.12. The number of nitrogens with two attached hydrogens (primary N) is 1. The molecule has 0 aromatic carbocycles. The van der Waals surface area contributed by atoms with Crippen LogP contribution in [0.4, 0.5) is 5.82 Å². The molecule has 0 unspecified atom stereocenters. The van der Waals surface area contributed by atoms with Crippen LogP contribution < -0.4 is 5.73 Å². The van der Waals surface area contributed by atoms with Gasteiger partial charge in [0.2, 0.25) is 0 Å². The maximum Gasteiger partial charge on any atom is 0.146 e. The van der Waals surface area contributed by atoms with Crippen molar-refractivity contribution in [1.29, 1.82) is 0 Å². The minimum absolute atomic E-state index is 0.267. The Bertz CT molecular complexity index is 652. The van der Waals surface area contributed by atoms with Crippen LogP contribution in [0.1, 0.15) is 30.5 Å². The van der Waals surface area contributed by atoms with E-state index >= 15 is 0 Å². The van der Waals surface area contributed by atoms with E-state index in [9.17, 15) is 0 Å². The maximum atomic E-state index is 6.03. The highest BCUT2D eigenvalue weighted by molar-refractivity contribution is 5.90. The van der Waals surface area contributed by atoms with Gasteiger partial charge < -0.3 is 15.2 Å². The van der Waals surface area contributed by atoms with Crippen LogP contribution >= 0.6 is 0 Å². The molecule has 5 heteroatoms. The van der Waals surface area contributed by atoms with E-state index in [1.807, 2.05) is 0 Å². The third-order valence-electron chi connectivity index (χ3n) is 5.12. The molecule has 2 heterocycles. The van der Waals surface area contributed by atoms with Crippen molar-refractivity contribution >= 4 is 16.9 Å². The van der Waals surface area contributed by atoms with Crippen LogP contribution in [-0.2, 0) is 6.54 Å². The largest absolute Gasteiger partial charge is 0.383 e. The third kappa shape index (κ3) is 1.73. The van der Waals surface area contributed by atoms with E-state index in [-0.39, 0.29) is 5.54 Å². The molecule has 108 valence electrons. The van der Waals surface area contributed by atoms with Gasteiger partial charge in [-0.2, -0.15) is 0 Å². The summed E-state index contributed by atoms with van der Waals surface area (Å²) in [5.74, 6) is 0.585. The van der Waals surface area contributed by atoms with Gasteiger partial charge in [0, 0.05) is 17.8 Å². The number of anilines is 1. The summed E-state index contributed by atoms with van der Waals surface area (Å²) in [6.07, 6.45) is 5.38. The van der Waals surface area contributed by atoms with Gasteiger partial charge in [-0.3, -0.25) is 0 Å². The average Bonchev–Trinajstić information content (AvgIpc) is 2.58. The van der Waals surface area contributed by atoms with Crippen molar-refractivity contribution in [3.63, 3.8) is 0 Å². The van der Waals surface area contributed by atoms with E-state index in [0.29, 0.717) is 5.82 Å². The zero-order chi connectivity index (χ0) is 14.5. The number of fused-ring (bicyclic) bond motifs is 1. The Kier molecular flexibility index (Phi) is 2.97. The lowest BCUT2D eigenvalue weighted by atomic mass is 9.75. The molecule has 0 bridgehead atoms. The molecule has 0 atom stereocenters. The molecule has 2 N–H and O–H groups in total. The minimum atomic E-state index is 0.267. The molecule has 1 aliphatic rings. The summed E-state index contributed by atoms with van der Waals surface area (Å²) in [6, 6.07) is 0. The van der Waals surface area contributed by atoms with Gasteiger partial charge in [-0.1, -0.05) is 0 Å². The summed E-state index contributed by atoms with van der Waals surface area (Å²) in [5.41, 5.74) is 9.72. The van der Waals surface area contributed by atoms with E-state index in [4.69, 9.17) is 5.73 Å². The van der Waals surface area contributed by atoms with Crippen molar-refractivity contribution in [1.82, 2.24) is 19.4 Å². The monoisotopic (exact) mass is 273 g/mol. The molecular formula is C15H23N5. The van der Waals surface area contributed by atoms with E-state index in [1.165, 1.54) is 30.5 Å². The molecule has 1 fully saturated rings. The molecular weight excluding hydrogens is 250 g/mol. The van der Waals surface area contributed by atoms with Crippen molar-refractivity contribution < 1.29 is 0 Å². The summed E-state index contributed by atoms with van der Waals surface area (Å²) in [6.45, 7) is 5.24. The fourth-order valence-corrected chi connectivity index (χ4v) is 3.32. The first-order chi connectivity index (χ1) is 9.46.